The maximum Gasteiger partial charge on any atom is 0.318 e. The minimum atomic E-state index is -0.0591. The molecule has 3 heterocycles. The molecule has 118 valence electrons. The SMILES string of the molecule is Cc1cc([C@H]2CCCN2C(=O)N[C@H](C)Cn2cccn2)on1. The van der Waals surface area contributed by atoms with Crippen LogP contribution in [0.15, 0.2) is 29.0 Å². The fourth-order valence-electron chi connectivity index (χ4n) is 2.87. The number of aromatic nitrogens is 3. The number of nitrogens with zero attached hydrogens (tertiary/aromatic N) is 4. The number of carbonyl (C=O) groups excluding carboxylic acids is 1. The van der Waals surface area contributed by atoms with Gasteiger partial charge in [0.2, 0.25) is 0 Å². The number of carbonyl (C=O) groups is 1. The summed E-state index contributed by atoms with van der Waals surface area (Å²) in [4.78, 5) is 14.3. The average Bonchev–Trinajstić information content (AvgIpc) is 3.17. The number of hydrogen-bond acceptors (Lipinski definition) is 4. The second kappa shape index (κ2) is 6.21. The van der Waals surface area contributed by atoms with Gasteiger partial charge in [-0.3, -0.25) is 4.68 Å². The standard InChI is InChI=1S/C15H21N5O2/c1-11-9-14(22-18-11)13-5-3-8-20(13)15(21)17-12(2)10-19-7-4-6-16-19/h4,6-7,9,12-13H,3,5,8,10H2,1-2H3,(H,17,21)/t12-,13-/m1/s1. The highest BCUT2D eigenvalue weighted by molar-refractivity contribution is 5.75. The topological polar surface area (TPSA) is 76.2 Å². The third-order valence-corrected chi connectivity index (χ3v) is 3.88. The zero-order chi connectivity index (χ0) is 15.5. The summed E-state index contributed by atoms with van der Waals surface area (Å²) in [5.41, 5.74) is 0.842. The molecule has 22 heavy (non-hydrogen) atoms. The van der Waals surface area contributed by atoms with Crippen LogP contribution in [0, 0.1) is 6.92 Å². The molecule has 2 aromatic rings. The van der Waals surface area contributed by atoms with E-state index in [0.29, 0.717) is 6.54 Å². The lowest BCUT2D eigenvalue weighted by atomic mass is 10.1. The molecule has 1 fully saturated rings. The third-order valence-electron chi connectivity index (χ3n) is 3.88. The molecule has 1 aliphatic rings. The van der Waals surface area contributed by atoms with Gasteiger partial charge in [0.15, 0.2) is 5.76 Å². The van der Waals surface area contributed by atoms with Gasteiger partial charge >= 0.3 is 6.03 Å². The summed E-state index contributed by atoms with van der Waals surface area (Å²) >= 11 is 0. The van der Waals surface area contributed by atoms with E-state index in [1.165, 1.54) is 0 Å². The van der Waals surface area contributed by atoms with Crippen molar-refractivity contribution in [1.82, 2.24) is 25.2 Å². The van der Waals surface area contributed by atoms with E-state index >= 15 is 0 Å². The first kappa shape index (κ1) is 14.6. The Hall–Kier alpha value is -2.31. The highest BCUT2D eigenvalue weighted by Gasteiger charge is 2.33. The molecule has 1 N–H and O–H groups in total. The van der Waals surface area contributed by atoms with E-state index in [0.717, 1.165) is 30.8 Å². The molecule has 0 saturated carbocycles. The molecule has 0 unspecified atom stereocenters. The van der Waals surface area contributed by atoms with Gasteiger partial charge in [-0.25, -0.2) is 4.79 Å². The zero-order valence-corrected chi connectivity index (χ0v) is 12.9. The van der Waals surface area contributed by atoms with Gasteiger partial charge in [-0.05, 0) is 32.8 Å². The van der Waals surface area contributed by atoms with E-state index in [2.05, 4.69) is 15.6 Å². The fourth-order valence-corrected chi connectivity index (χ4v) is 2.87. The van der Waals surface area contributed by atoms with Gasteiger partial charge in [0.25, 0.3) is 0 Å². The Bertz CT molecular complexity index is 622. The highest BCUT2D eigenvalue weighted by atomic mass is 16.5. The van der Waals surface area contributed by atoms with Crippen molar-refractivity contribution < 1.29 is 9.32 Å². The summed E-state index contributed by atoms with van der Waals surface area (Å²) in [6.45, 7) is 5.26. The molecule has 2 aromatic heterocycles. The van der Waals surface area contributed by atoms with Crippen LogP contribution in [0.25, 0.3) is 0 Å². The van der Waals surface area contributed by atoms with Crippen molar-refractivity contribution in [3.05, 3.63) is 36.0 Å². The van der Waals surface area contributed by atoms with E-state index in [1.54, 1.807) is 6.20 Å². The molecule has 2 amide bonds. The van der Waals surface area contributed by atoms with Crippen LogP contribution in [-0.4, -0.2) is 38.5 Å². The van der Waals surface area contributed by atoms with Crippen LogP contribution in [0.3, 0.4) is 0 Å². The van der Waals surface area contributed by atoms with Crippen molar-refractivity contribution in [2.75, 3.05) is 6.54 Å². The molecular weight excluding hydrogens is 282 g/mol. The largest absolute Gasteiger partial charge is 0.359 e. The molecular formula is C15H21N5O2. The van der Waals surface area contributed by atoms with Crippen molar-refractivity contribution in [2.45, 2.75) is 45.3 Å². The summed E-state index contributed by atoms with van der Waals surface area (Å²) < 4.78 is 7.14. The third kappa shape index (κ3) is 3.13. The Morgan fingerprint density at radius 3 is 3.14 bits per heavy atom. The van der Waals surface area contributed by atoms with Crippen LogP contribution >= 0.6 is 0 Å². The average molecular weight is 303 g/mol. The number of rotatable bonds is 4. The van der Waals surface area contributed by atoms with E-state index in [4.69, 9.17) is 4.52 Å². The molecule has 0 aromatic carbocycles. The molecule has 0 aliphatic carbocycles. The quantitative estimate of drug-likeness (QED) is 0.938. The van der Waals surface area contributed by atoms with Crippen molar-refractivity contribution in [3.8, 4) is 0 Å². The number of amides is 2. The first-order valence-corrected chi connectivity index (χ1v) is 7.61. The Morgan fingerprint density at radius 1 is 1.59 bits per heavy atom. The predicted molar refractivity (Wildman–Crippen MR) is 80.1 cm³/mol. The Balaban J connectivity index is 1.61. The number of hydrogen-bond donors (Lipinski definition) is 1. The summed E-state index contributed by atoms with van der Waals surface area (Å²) in [5, 5.41) is 11.1. The lowest BCUT2D eigenvalue weighted by molar-refractivity contribution is 0.178. The summed E-state index contributed by atoms with van der Waals surface area (Å²) in [7, 11) is 0. The molecule has 0 spiro atoms. The highest BCUT2D eigenvalue weighted by Crippen LogP contribution is 2.32. The van der Waals surface area contributed by atoms with Gasteiger partial charge in [-0.15, -0.1) is 0 Å². The first-order chi connectivity index (χ1) is 10.6. The fraction of sp³-hybridized carbons (Fsp3) is 0.533. The molecule has 7 nitrogen and oxygen atoms in total. The van der Waals surface area contributed by atoms with Crippen LogP contribution in [-0.2, 0) is 6.54 Å². The summed E-state index contributed by atoms with van der Waals surface area (Å²) in [5.74, 6) is 0.768. The predicted octanol–water partition coefficient (Wildman–Crippen LogP) is 2.11. The van der Waals surface area contributed by atoms with Crippen LogP contribution in [0.5, 0.6) is 0 Å². The van der Waals surface area contributed by atoms with E-state index in [9.17, 15) is 4.79 Å². The zero-order valence-electron chi connectivity index (χ0n) is 12.9. The van der Waals surface area contributed by atoms with Gasteiger partial charge in [-0.2, -0.15) is 5.10 Å². The van der Waals surface area contributed by atoms with Crippen LogP contribution in [0.4, 0.5) is 4.79 Å². The number of nitrogens with one attached hydrogen (secondary N) is 1. The lowest BCUT2D eigenvalue weighted by Crippen LogP contribution is -2.44. The summed E-state index contributed by atoms with van der Waals surface area (Å²) in [6.07, 6.45) is 5.51. The van der Waals surface area contributed by atoms with Crippen LogP contribution in [0.1, 0.15) is 37.3 Å². The van der Waals surface area contributed by atoms with E-state index in [-0.39, 0.29) is 18.1 Å². The normalized spacial score (nSPS) is 19.4. The van der Waals surface area contributed by atoms with Crippen molar-refractivity contribution in [1.29, 1.82) is 0 Å². The van der Waals surface area contributed by atoms with Gasteiger partial charge in [0, 0.05) is 31.0 Å². The maximum atomic E-state index is 12.5. The maximum absolute atomic E-state index is 12.5. The van der Waals surface area contributed by atoms with Crippen molar-refractivity contribution in [3.63, 3.8) is 0 Å². The first-order valence-electron chi connectivity index (χ1n) is 7.61. The van der Waals surface area contributed by atoms with E-state index in [1.807, 2.05) is 41.8 Å². The number of aryl methyl sites for hydroxylation is 1. The minimum Gasteiger partial charge on any atom is -0.359 e. The lowest BCUT2D eigenvalue weighted by Gasteiger charge is -2.25. The number of urea groups is 1. The smallest absolute Gasteiger partial charge is 0.318 e. The van der Waals surface area contributed by atoms with Gasteiger partial charge in [0.1, 0.15) is 0 Å². The monoisotopic (exact) mass is 303 g/mol. The molecule has 7 heteroatoms. The molecule has 0 bridgehead atoms. The minimum absolute atomic E-state index is 0.00473. The molecule has 1 saturated heterocycles. The van der Waals surface area contributed by atoms with Gasteiger partial charge < -0.3 is 14.7 Å². The molecule has 2 atom stereocenters. The Morgan fingerprint density at radius 2 is 2.45 bits per heavy atom. The molecule has 3 rings (SSSR count). The second-order valence-electron chi connectivity index (χ2n) is 5.80. The van der Waals surface area contributed by atoms with Crippen LogP contribution in [0.2, 0.25) is 0 Å². The van der Waals surface area contributed by atoms with Crippen LogP contribution < -0.4 is 5.32 Å². The van der Waals surface area contributed by atoms with Gasteiger partial charge in [-0.1, -0.05) is 5.16 Å². The second-order valence-corrected chi connectivity index (χ2v) is 5.80. The van der Waals surface area contributed by atoms with Gasteiger partial charge in [0.05, 0.1) is 18.3 Å². The van der Waals surface area contributed by atoms with Crippen molar-refractivity contribution in [2.24, 2.45) is 0 Å². The summed E-state index contributed by atoms with van der Waals surface area (Å²) in [6, 6.07) is 3.71. The van der Waals surface area contributed by atoms with E-state index < -0.39 is 0 Å². The number of likely N-dealkylation sites (tertiary alicyclic amines) is 1. The van der Waals surface area contributed by atoms with Crippen molar-refractivity contribution >= 4 is 6.03 Å². The molecule has 1 aliphatic heterocycles. The molecule has 0 radical (unpaired) electrons. The Labute approximate surface area is 129 Å². The Kier molecular flexibility index (Phi) is 4.13.